The molecule has 0 bridgehead atoms. The third-order valence-electron chi connectivity index (χ3n) is 5.31. The molecule has 2 saturated heterocycles. The zero-order valence-corrected chi connectivity index (χ0v) is 15.4. The molecule has 2 aliphatic rings. The molecule has 0 aliphatic carbocycles. The molecule has 6 heteroatoms. The van der Waals surface area contributed by atoms with Gasteiger partial charge in [0.2, 0.25) is 0 Å². The lowest BCUT2D eigenvalue weighted by Gasteiger charge is -2.35. The molecule has 26 heavy (non-hydrogen) atoms. The van der Waals surface area contributed by atoms with Gasteiger partial charge in [0.25, 0.3) is 0 Å². The lowest BCUT2D eigenvalue weighted by Crippen LogP contribution is -2.50. The topological polar surface area (TPSA) is 62.6 Å². The summed E-state index contributed by atoms with van der Waals surface area (Å²) >= 11 is 0. The molecule has 0 spiro atoms. The summed E-state index contributed by atoms with van der Waals surface area (Å²) in [5.74, 6) is -0.00723. The molecule has 140 valence electrons. The van der Waals surface area contributed by atoms with Gasteiger partial charge in [-0.1, -0.05) is 30.3 Å². The highest BCUT2D eigenvalue weighted by molar-refractivity contribution is 5.74. The molecule has 2 aliphatic heterocycles. The number of rotatable bonds is 5. The van der Waals surface area contributed by atoms with Gasteiger partial charge in [-0.3, -0.25) is 9.80 Å². The van der Waals surface area contributed by atoms with E-state index in [0.29, 0.717) is 13.1 Å². The SMILES string of the molecule is N#CC1CCCN(C(=O)NCCN2CCN(Cc3ccccc3)CC2)C1. The average molecular weight is 355 g/mol. The van der Waals surface area contributed by atoms with Crippen LogP contribution < -0.4 is 5.32 Å². The Bertz CT molecular complexity index is 606. The van der Waals surface area contributed by atoms with Crippen LogP contribution in [0.1, 0.15) is 18.4 Å². The van der Waals surface area contributed by atoms with E-state index in [0.717, 1.165) is 58.7 Å². The lowest BCUT2D eigenvalue weighted by atomic mass is 10.0. The first-order chi connectivity index (χ1) is 12.7. The summed E-state index contributed by atoms with van der Waals surface area (Å²) in [6.45, 7) is 8.14. The van der Waals surface area contributed by atoms with Crippen LogP contribution >= 0.6 is 0 Å². The van der Waals surface area contributed by atoms with Crippen LogP contribution in [0, 0.1) is 17.2 Å². The third kappa shape index (κ3) is 5.45. The molecular formula is C20H29N5O. The van der Waals surface area contributed by atoms with E-state index in [4.69, 9.17) is 5.26 Å². The molecule has 1 N–H and O–H groups in total. The summed E-state index contributed by atoms with van der Waals surface area (Å²) in [5.41, 5.74) is 1.37. The van der Waals surface area contributed by atoms with Crippen molar-refractivity contribution in [3.05, 3.63) is 35.9 Å². The van der Waals surface area contributed by atoms with E-state index in [1.807, 2.05) is 0 Å². The van der Waals surface area contributed by atoms with Gasteiger partial charge in [-0.05, 0) is 18.4 Å². The summed E-state index contributed by atoms with van der Waals surface area (Å²) in [4.78, 5) is 18.9. The number of likely N-dealkylation sites (tertiary alicyclic amines) is 1. The zero-order chi connectivity index (χ0) is 18.2. The molecule has 6 nitrogen and oxygen atoms in total. The van der Waals surface area contributed by atoms with Gasteiger partial charge in [-0.25, -0.2) is 4.79 Å². The Balaban J connectivity index is 1.31. The predicted octanol–water partition coefficient (Wildman–Crippen LogP) is 1.75. The minimum absolute atomic E-state index is 0.00723. The van der Waals surface area contributed by atoms with E-state index >= 15 is 0 Å². The van der Waals surface area contributed by atoms with Crippen LogP contribution in [0.25, 0.3) is 0 Å². The largest absolute Gasteiger partial charge is 0.337 e. The summed E-state index contributed by atoms with van der Waals surface area (Å²) < 4.78 is 0. The van der Waals surface area contributed by atoms with E-state index in [-0.39, 0.29) is 11.9 Å². The Labute approximate surface area is 156 Å². The van der Waals surface area contributed by atoms with Crippen LogP contribution in [0.5, 0.6) is 0 Å². The molecular weight excluding hydrogens is 326 g/mol. The van der Waals surface area contributed by atoms with Crippen molar-refractivity contribution in [3.8, 4) is 6.07 Å². The van der Waals surface area contributed by atoms with E-state index in [1.54, 1.807) is 4.90 Å². The number of nitriles is 1. The number of carbonyl (C=O) groups excluding carboxylic acids is 1. The van der Waals surface area contributed by atoms with Crippen molar-refractivity contribution < 1.29 is 4.79 Å². The van der Waals surface area contributed by atoms with Gasteiger partial charge in [0.15, 0.2) is 0 Å². The fraction of sp³-hybridized carbons (Fsp3) is 0.600. The van der Waals surface area contributed by atoms with Crippen molar-refractivity contribution in [1.82, 2.24) is 20.0 Å². The van der Waals surface area contributed by atoms with E-state index in [9.17, 15) is 4.79 Å². The van der Waals surface area contributed by atoms with Crippen LogP contribution in [0.3, 0.4) is 0 Å². The molecule has 2 heterocycles. The number of hydrogen-bond acceptors (Lipinski definition) is 4. The minimum Gasteiger partial charge on any atom is -0.337 e. The van der Waals surface area contributed by atoms with Crippen molar-refractivity contribution in [2.45, 2.75) is 19.4 Å². The number of piperazine rings is 1. The summed E-state index contributed by atoms with van der Waals surface area (Å²) in [6.07, 6.45) is 1.84. The number of benzene rings is 1. The smallest absolute Gasteiger partial charge is 0.317 e. The molecule has 0 aromatic heterocycles. The molecule has 1 atom stereocenters. The third-order valence-corrected chi connectivity index (χ3v) is 5.31. The van der Waals surface area contributed by atoms with Gasteiger partial charge in [0.05, 0.1) is 12.0 Å². The highest BCUT2D eigenvalue weighted by atomic mass is 16.2. The van der Waals surface area contributed by atoms with Gasteiger partial charge in [-0.2, -0.15) is 5.26 Å². The van der Waals surface area contributed by atoms with Crippen molar-refractivity contribution in [1.29, 1.82) is 5.26 Å². The number of carbonyl (C=O) groups is 1. The minimum atomic E-state index is -0.0207. The molecule has 0 radical (unpaired) electrons. The van der Waals surface area contributed by atoms with Gasteiger partial charge in [0.1, 0.15) is 0 Å². The fourth-order valence-electron chi connectivity index (χ4n) is 3.71. The summed E-state index contributed by atoms with van der Waals surface area (Å²) in [6, 6.07) is 12.9. The first-order valence-corrected chi connectivity index (χ1v) is 9.65. The van der Waals surface area contributed by atoms with Gasteiger partial charge >= 0.3 is 6.03 Å². The van der Waals surface area contributed by atoms with Gasteiger partial charge in [-0.15, -0.1) is 0 Å². The molecule has 1 unspecified atom stereocenters. The number of nitrogens with one attached hydrogen (secondary N) is 1. The van der Waals surface area contributed by atoms with Gasteiger partial charge < -0.3 is 10.2 Å². The van der Waals surface area contributed by atoms with Crippen LogP contribution in [-0.4, -0.2) is 73.1 Å². The molecule has 2 fully saturated rings. The number of piperidine rings is 1. The molecule has 3 rings (SSSR count). The highest BCUT2D eigenvalue weighted by Gasteiger charge is 2.23. The average Bonchev–Trinajstić information content (AvgIpc) is 2.70. The quantitative estimate of drug-likeness (QED) is 0.874. The standard InChI is InChI=1S/C20H29N5O/c21-15-19-7-4-9-25(17-19)20(26)22-8-10-23-11-13-24(14-12-23)16-18-5-2-1-3-6-18/h1-3,5-6,19H,4,7-14,16-17H2,(H,22,26). The maximum atomic E-state index is 12.2. The fourth-order valence-corrected chi connectivity index (χ4v) is 3.71. The van der Waals surface area contributed by atoms with Crippen LogP contribution in [-0.2, 0) is 6.54 Å². The normalized spacial score (nSPS) is 22.0. The number of amides is 2. The predicted molar refractivity (Wildman–Crippen MR) is 101 cm³/mol. The van der Waals surface area contributed by atoms with Crippen LogP contribution in [0.2, 0.25) is 0 Å². The van der Waals surface area contributed by atoms with E-state index < -0.39 is 0 Å². The van der Waals surface area contributed by atoms with Crippen molar-refractivity contribution in [2.24, 2.45) is 5.92 Å². The van der Waals surface area contributed by atoms with E-state index in [2.05, 4.69) is 51.5 Å². The second-order valence-electron chi connectivity index (χ2n) is 7.25. The molecule has 0 saturated carbocycles. The van der Waals surface area contributed by atoms with Crippen LogP contribution in [0.4, 0.5) is 4.79 Å². The van der Waals surface area contributed by atoms with Crippen LogP contribution in [0.15, 0.2) is 30.3 Å². The summed E-state index contributed by atoms with van der Waals surface area (Å²) in [5, 5.41) is 12.0. The van der Waals surface area contributed by atoms with Crippen molar-refractivity contribution in [3.63, 3.8) is 0 Å². The Morgan fingerprint density at radius 1 is 1.12 bits per heavy atom. The first kappa shape index (κ1) is 18.7. The Hall–Kier alpha value is -2.10. The lowest BCUT2D eigenvalue weighted by molar-refractivity contribution is 0.126. The van der Waals surface area contributed by atoms with Gasteiger partial charge in [0, 0.05) is 58.9 Å². The Morgan fingerprint density at radius 3 is 2.58 bits per heavy atom. The first-order valence-electron chi connectivity index (χ1n) is 9.65. The number of nitrogens with zero attached hydrogens (tertiary/aromatic N) is 4. The Morgan fingerprint density at radius 2 is 1.85 bits per heavy atom. The molecule has 1 aromatic carbocycles. The monoisotopic (exact) mass is 355 g/mol. The second-order valence-corrected chi connectivity index (χ2v) is 7.25. The number of hydrogen-bond donors (Lipinski definition) is 1. The number of urea groups is 1. The highest BCUT2D eigenvalue weighted by Crippen LogP contribution is 2.15. The Kier molecular flexibility index (Phi) is 6.87. The van der Waals surface area contributed by atoms with Crippen molar-refractivity contribution in [2.75, 3.05) is 52.4 Å². The second kappa shape index (κ2) is 9.56. The summed E-state index contributed by atoms with van der Waals surface area (Å²) in [7, 11) is 0. The zero-order valence-electron chi connectivity index (χ0n) is 15.4. The maximum Gasteiger partial charge on any atom is 0.317 e. The molecule has 1 aromatic rings. The maximum absolute atomic E-state index is 12.2. The molecule has 2 amide bonds. The van der Waals surface area contributed by atoms with E-state index in [1.165, 1.54) is 5.56 Å². The van der Waals surface area contributed by atoms with Crippen molar-refractivity contribution >= 4 is 6.03 Å².